The number of hydrogen-bond acceptors (Lipinski definition) is 5. The van der Waals surface area contributed by atoms with E-state index in [2.05, 4.69) is 20.6 Å². The molecule has 2 aromatic heterocycles. The van der Waals surface area contributed by atoms with Gasteiger partial charge >= 0.3 is 5.97 Å². The number of aromatic carboxylic acids is 1. The number of carboxylic acid groups (broad SMARTS) is 1. The summed E-state index contributed by atoms with van der Waals surface area (Å²) in [5.74, 6) is -0.660. The molecule has 0 fully saturated rings. The summed E-state index contributed by atoms with van der Waals surface area (Å²) in [5.41, 5.74) is 1.23. The van der Waals surface area contributed by atoms with E-state index in [1.807, 2.05) is 27.7 Å². The number of aryl methyl sites for hydroxylation is 1. The van der Waals surface area contributed by atoms with Crippen LogP contribution in [-0.2, 0) is 0 Å². The van der Waals surface area contributed by atoms with E-state index in [1.54, 1.807) is 14.0 Å². The standard InChI is InChI=1S/C8H9N5O2.2C2H6/c1-4-3-5(7(14)15)12-13-6(4)10-11-8(13)9-2;2*1-2/h3H,1-2H3,(H,9,11)(H,14,15);2*1-2H3. The van der Waals surface area contributed by atoms with Gasteiger partial charge in [0, 0.05) is 7.05 Å². The van der Waals surface area contributed by atoms with Gasteiger partial charge in [-0.05, 0) is 18.6 Å². The van der Waals surface area contributed by atoms with Crippen LogP contribution < -0.4 is 5.32 Å². The van der Waals surface area contributed by atoms with Crippen molar-refractivity contribution in [2.45, 2.75) is 34.6 Å². The van der Waals surface area contributed by atoms with Gasteiger partial charge in [0.25, 0.3) is 0 Å². The van der Waals surface area contributed by atoms with Crippen molar-refractivity contribution in [2.75, 3.05) is 12.4 Å². The van der Waals surface area contributed by atoms with Gasteiger partial charge in [-0.3, -0.25) is 0 Å². The summed E-state index contributed by atoms with van der Waals surface area (Å²) < 4.78 is 1.37. The van der Waals surface area contributed by atoms with Gasteiger partial charge in [0.2, 0.25) is 5.95 Å². The Labute approximate surface area is 112 Å². The van der Waals surface area contributed by atoms with Crippen molar-refractivity contribution in [3.63, 3.8) is 0 Å². The summed E-state index contributed by atoms with van der Waals surface area (Å²) >= 11 is 0. The largest absolute Gasteiger partial charge is 0.476 e. The second kappa shape index (κ2) is 8.02. The molecule has 7 nitrogen and oxygen atoms in total. The minimum absolute atomic E-state index is 0.0312. The second-order valence-electron chi connectivity index (χ2n) is 3.03. The number of aromatic nitrogens is 4. The third kappa shape index (κ3) is 3.64. The Morgan fingerprint density at radius 1 is 1.26 bits per heavy atom. The van der Waals surface area contributed by atoms with Gasteiger partial charge in [-0.15, -0.1) is 10.2 Å². The van der Waals surface area contributed by atoms with Crippen molar-refractivity contribution >= 4 is 17.6 Å². The first-order chi connectivity index (χ1) is 9.13. The number of nitrogens with one attached hydrogen (secondary N) is 1. The minimum Gasteiger partial charge on any atom is -0.476 e. The molecule has 0 bridgehead atoms. The minimum atomic E-state index is -1.07. The Bertz CT molecular complexity index is 536. The number of hydrogen-bond donors (Lipinski definition) is 2. The lowest BCUT2D eigenvalue weighted by Gasteiger charge is -2.00. The van der Waals surface area contributed by atoms with E-state index in [4.69, 9.17) is 5.11 Å². The lowest BCUT2D eigenvalue weighted by atomic mass is 10.3. The van der Waals surface area contributed by atoms with Gasteiger partial charge in [0.05, 0.1) is 0 Å². The fraction of sp³-hybridized carbons (Fsp3) is 0.500. The van der Waals surface area contributed by atoms with Crippen molar-refractivity contribution < 1.29 is 9.90 Å². The predicted molar refractivity (Wildman–Crippen MR) is 74.7 cm³/mol. The maximum Gasteiger partial charge on any atom is 0.356 e. The Kier molecular flexibility index (Phi) is 7.10. The predicted octanol–water partition coefficient (Wildman–Crippen LogP) is 2.23. The molecule has 0 unspecified atom stereocenters. The molecule has 0 aliphatic carbocycles. The maximum atomic E-state index is 10.8. The van der Waals surface area contributed by atoms with Gasteiger partial charge in [-0.25, -0.2) is 4.79 Å². The van der Waals surface area contributed by atoms with E-state index in [9.17, 15) is 4.79 Å². The molecule has 7 heteroatoms. The fourth-order valence-corrected chi connectivity index (χ4v) is 1.29. The van der Waals surface area contributed by atoms with E-state index in [0.717, 1.165) is 5.56 Å². The van der Waals surface area contributed by atoms with E-state index in [-0.39, 0.29) is 5.69 Å². The Balaban J connectivity index is 0.000000741. The third-order valence-corrected chi connectivity index (χ3v) is 2.00. The van der Waals surface area contributed by atoms with Gasteiger partial charge in [-0.1, -0.05) is 27.7 Å². The SMILES string of the molecule is CC.CC.CNc1nnc2c(C)cc(C(=O)O)nn12. The molecule has 2 heterocycles. The molecule has 19 heavy (non-hydrogen) atoms. The quantitative estimate of drug-likeness (QED) is 0.866. The molecule has 0 aliphatic heterocycles. The van der Waals surface area contributed by atoms with Gasteiger partial charge < -0.3 is 10.4 Å². The molecule has 2 aromatic rings. The number of fused-ring (bicyclic) bond motifs is 1. The number of anilines is 1. The highest BCUT2D eigenvalue weighted by Crippen LogP contribution is 2.11. The highest BCUT2D eigenvalue weighted by Gasteiger charge is 2.12. The monoisotopic (exact) mass is 267 g/mol. The van der Waals surface area contributed by atoms with Crippen LogP contribution in [0.25, 0.3) is 5.65 Å². The van der Waals surface area contributed by atoms with Crippen molar-refractivity contribution in [3.8, 4) is 0 Å². The van der Waals surface area contributed by atoms with Crippen LogP contribution in [0.15, 0.2) is 6.07 Å². The number of carbonyl (C=O) groups is 1. The van der Waals surface area contributed by atoms with E-state index >= 15 is 0 Å². The Hall–Kier alpha value is -2.18. The van der Waals surface area contributed by atoms with Crippen LogP contribution in [0.3, 0.4) is 0 Å². The zero-order valence-electron chi connectivity index (χ0n) is 12.2. The maximum absolute atomic E-state index is 10.8. The molecule has 2 N–H and O–H groups in total. The highest BCUT2D eigenvalue weighted by atomic mass is 16.4. The van der Waals surface area contributed by atoms with Gasteiger partial charge in [-0.2, -0.15) is 9.61 Å². The zero-order chi connectivity index (χ0) is 15.0. The average molecular weight is 267 g/mol. The van der Waals surface area contributed by atoms with Crippen LogP contribution in [0.2, 0.25) is 0 Å². The molecule has 0 saturated carbocycles. The molecule has 0 atom stereocenters. The van der Waals surface area contributed by atoms with Crippen LogP contribution in [-0.4, -0.2) is 37.9 Å². The van der Waals surface area contributed by atoms with Crippen molar-refractivity contribution in [3.05, 3.63) is 17.3 Å². The average Bonchev–Trinajstić information content (AvgIpc) is 2.86. The summed E-state index contributed by atoms with van der Waals surface area (Å²) in [6, 6.07) is 1.46. The summed E-state index contributed by atoms with van der Waals surface area (Å²) in [5, 5.41) is 23.2. The lowest BCUT2D eigenvalue weighted by molar-refractivity contribution is 0.0689. The first kappa shape index (κ1) is 16.8. The van der Waals surface area contributed by atoms with Crippen molar-refractivity contribution in [2.24, 2.45) is 0 Å². The lowest BCUT2D eigenvalue weighted by Crippen LogP contribution is -2.08. The molecule has 0 aromatic carbocycles. The topological polar surface area (TPSA) is 92.4 Å². The van der Waals surface area contributed by atoms with Crippen molar-refractivity contribution in [1.29, 1.82) is 0 Å². The van der Waals surface area contributed by atoms with Gasteiger partial charge in [0.1, 0.15) is 0 Å². The van der Waals surface area contributed by atoms with Crippen LogP contribution >= 0.6 is 0 Å². The molecule has 0 aliphatic rings. The van der Waals surface area contributed by atoms with Crippen molar-refractivity contribution in [1.82, 2.24) is 19.8 Å². The molecular weight excluding hydrogens is 246 g/mol. The van der Waals surface area contributed by atoms with Crippen LogP contribution in [0.4, 0.5) is 5.95 Å². The molecule has 0 amide bonds. The smallest absolute Gasteiger partial charge is 0.356 e. The molecule has 0 radical (unpaired) electrons. The van der Waals surface area contributed by atoms with E-state index < -0.39 is 5.97 Å². The molecule has 2 rings (SSSR count). The number of carboxylic acids is 1. The second-order valence-corrected chi connectivity index (χ2v) is 3.03. The summed E-state index contributed by atoms with van der Waals surface area (Å²) in [4.78, 5) is 10.8. The number of rotatable bonds is 2. The molecule has 106 valence electrons. The first-order valence-corrected chi connectivity index (χ1v) is 6.27. The summed E-state index contributed by atoms with van der Waals surface area (Å²) in [6.07, 6.45) is 0. The van der Waals surface area contributed by atoms with Gasteiger partial charge in [0.15, 0.2) is 11.3 Å². The van der Waals surface area contributed by atoms with Crippen LogP contribution in [0.5, 0.6) is 0 Å². The zero-order valence-corrected chi connectivity index (χ0v) is 12.2. The molecule has 0 spiro atoms. The highest BCUT2D eigenvalue weighted by molar-refractivity contribution is 5.85. The molecular formula is C12H21N5O2. The van der Waals surface area contributed by atoms with E-state index in [1.165, 1.54) is 10.6 Å². The summed E-state index contributed by atoms with van der Waals surface area (Å²) in [7, 11) is 1.67. The Morgan fingerprint density at radius 2 is 1.84 bits per heavy atom. The summed E-state index contributed by atoms with van der Waals surface area (Å²) in [6.45, 7) is 9.76. The van der Waals surface area contributed by atoms with E-state index in [0.29, 0.717) is 11.6 Å². The van der Waals surface area contributed by atoms with Crippen LogP contribution in [0, 0.1) is 6.92 Å². The first-order valence-electron chi connectivity index (χ1n) is 6.27. The third-order valence-electron chi connectivity index (χ3n) is 2.00. The molecule has 0 saturated heterocycles. The van der Waals surface area contributed by atoms with Crippen LogP contribution in [0.1, 0.15) is 43.7 Å². The fourth-order valence-electron chi connectivity index (χ4n) is 1.29. The Morgan fingerprint density at radius 3 is 2.32 bits per heavy atom. The normalized spacial score (nSPS) is 8.95. The number of nitrogens with zero attached hydrogens (tertiary/aromatic N) is 4.